The van der Waals surface area contributed by atoms with Gasteiger partial charge in [-0.05, 0) is 54.1 Å². The number of fused-ring (bicyclic) bond motifs is 1. The largest absolute Gasteiger partial charge is 0.494 e. The number of hydrogen-bond donors (Lipinski definition) is 0. The summed E-state index contributed by atoms with van der Waals surface area (Å²) in [5, 5.41) is 10.3. The highest BCUT2D eigenvalue weighted by Gasteiger charge is 2.30. The van der Waals surface area contributed by atoms with Crippen molar-refractivity contribution < 1.29 is 35.9 Å². The van der Waals surface area contributed by atoms with E-state index in [9.17, 15) is 31.6 Å². The van der Waals surface area contributed by atoms with Crippen LogP contribution < -0.4 is 4.74 Å². The number of alkyl halides is 2. The van der Waals surface area contributed by atoms with Crippen LogP contribution in [0.3, 0.4) is 0 Å². The molecule has 0 aliphatic rings. The normalized spacial score (nSPS) is 11.5. The molecule has 0 saturated heterocycles. The lowest BCUT2D eigenvalue weighted by Gasteiger charge is -2.16. The van der Waals surface area contributed by atoms with Gasteiger partial charge in [0.15, 0.2) is 5.75 Å². The summed E-state index contributed by atoms with van der Waals surface area (Å²) in [6, 6.07) is 26.3. The molecule has 1 heterocycles. The van der Waals surface area contributed by atoms with Crippen molar-refractivity contribution >= 4 is 38.5 Å². The molecule has 0 bridgehead atoms. The molecule has 0 radical (unpaired) electrons. The summed E-state index contributed by atoms with van der Waals surface area (Å²) in [4.78, 5) is 12.1. The summed E-state index contributed by atoms with van der Waals surface area (Å²) in [6.07, 6.45) is -2.81. The molecule has 6 rings (SSSR count). The zero-order valence-corrected chi connectivity index (χ0v) is 27.3. The SMILES string of the molecule is COC(=O)c1ccc(-c2cccc(-c3c(-c4ccccc4C#N)c4cc(F)ccc4n3S(=O)(=O)c3ccc(C(F)F)cc3)c2)c(Cl)c1OC. The van der Waals surface area contributed by atoms with Crippen molar-refractivity contribution in [3.05, 3.63) is 131 Å². The van der Waals surface area contributed by atoms with Crippen LogP contribution in [0, 0.1) is 17.1 Å². The quantitative estimate of drug-likeness (QED) is 0.147. The van der Waals surface area contributed by atoms with E-state index in [4.69, 9.17) is 21.1 Å². The first-order valence-corrected chi connectivity index (χ1v) is 16.4. The van der Waals surface area contributed by atoms with Crippen molar-refractivity contribution in [3.8, 4) is 45.3 Å². The van der Waals surface area contributed by atoms with Crippen LogP contribution in [0.4, 0.5) is 13.2 Å². The van der Waals surface area contributed by atoms with Crippen LogP contribution >= 0.6 is 11.6 Å². The van der Waals surface area contributed by atoms with Gasteiger partial charge >= 0.3 is 5.97 Å². The molecule has 0 aliphatic heterocycles. The smallest absolute Gasteiger partial charge is 0.341 e. The Hall–Kier alpha value is -5.57. The zero-order valence-electron chi connectivity index (χ0n) is 25.7. The Kier molecular flexibility index (Phi) is 8.94. The van der Waals surface area contributed by atoms with E-state index in [1.807, 2.05) is 0 Å². The number of halogens is 4. The fourth-order valence-electron chi connectivity index (χ4n) is 5.79. The van der Waals surface area contributed by atoms with Crippen LogP contribution in [-0.2, 0) is 14.8 Å². The summed E-state index contributed by atoms with van der Waals surface area (Å²) < 4.78 is 82.2. The van der Waals surface area contributed by atoms with Crippen molar-refractivity contribution in [2.45, 2.75) is 11.3 Å². The first-order chi connectivity index (χ1) is 23.5. The number of carbonyl (C=O) groups is 1. The minimum absolute atomic E-state index is 0.0690. The number of methoxy groups -OCH3 is 2. The van der Waals surface area contributed by atoms with Gasteiger partial charge in [0.25, 0.3) is 16.4 Å². The third-order valence-corrected chi connectivity index (χ3v) is 10.1. The van der Waals surface area contributed by atoms with Gasteiger partial charge < -0.3 is 9.47 Å². The highest BCUT2D eigenvalue weighted by atomic mass is 35.5. The van der Waals surface area contributed by atoms with Gasteiger partial charge in [0.05, 0.1) is 47.0 Å². The van der Waals surface area contributed by atoms with E-state index in [0.717, 1.165) is 34.3 Å². The molecule has 0 unspecified atom stereocenters. The minimum atomic E-state index is -4.55. The van der Waals surface area contributed by atoms with Gasteiger partial charge in [0, 0.05) is 33.2 Å². The van der Waals surface area contributed by atoms with E-state index in [-0.39, 0.29) is 54.5 Å². The molecular formula is C37H24ClF3N2O5S. The molecule has 5 aromatic carbocycles. The van der Waals surface area contributed by atoms with Crippen molar-refractivity contribution in [1.82, 2.24) is 3.97 Å². The molecular weight excluding hydrogens is 677 g/mol. The number of esters is 1. The Morgan fingerprint density at radius 1 is 0.878 bits per heavy atom. The average molecular weight is 701 g/mol. The Balaban J connectivity index is 1.71. The van der Waals surface area contributed by atoms with Gasteiger partial charge in [-0.3, -0.25) is 0 Å². The third-order valence-electron chi connectivity index (χ3n) is 8.03. The van der Waals surface area contributed by atoms with Crippen LogP contribution in [0.1, 0.15) is 27.9 Å². The van der Waals surface area contributed by atoms with Crippen LogP contribution in [0.15, 0.2) is 108 Å². The highest BCUT2D eigenvalue weighted by Crippen LogP contribution is 2.46. The lowest BCUT2D eigenvalue weighted by atomic mass is 9.93. The van der Waals surface area contributed by atoms with Crippen LogP contribution in [0.25, 0.3) is 44.4 Å². The zero-order chi connectivity index (χ0) is 35.0. The van der Waals surface area contributed by atoms with E-state index < -0.39 is 28.2 Å². The maximum atomic E-state index is 15.0. The monoisotopic (exact) mass is 700 g/mol. The Morgan fingerprint density at radius 3 is 2.27 bits per heavy atom. The number of nitriles is 1. The summed E-state index contributed by atoms with van der Waals surface area (Å²) in [5.41, 5.74) is 1.96. The summed E-state index contributed by atoms with van der Waals surface area (Å²) >= 11 is 6.75. The third kappa shape index (κ3) is 5.79. The first-order valence-electron chi connectivity index (χ1n) is 14.5. The summed E-state index contributed by atoms with van der Waals surface area (Å²) in [5.74, 6) is -1.24. The molecule has 6 aromatic rings. The fourth-order valence-corrected chi connectivity index (χ4v) is 7.69. The van der Waals surface area contributed by atoms with E-state index in [0.29, 0.717) is 22.3 Å². The van der Waals surface area contributed by atoms with Gasteiger partial charge in [0.1, 0.15) is 11.4 Å². The second-order valence-corrected chi connectivity index (χ2v) is 12.9. The van der Waals surface area contributed by atoms with E-state index in [1.165, 1.54) is 32.4 Å². The number of carbonyl (C=O) groups excluding carboxylic acids is 1. The van der Waals surface area contributed by atoms with E-state index in [2.05, 4.69) is 6.07 Å². The fraction of sp³-hybridized carbons (Fsp3) is 0.0811. The molecule has 0 N–H and O–H groups in total. The number of benzene rings is 5. The molecule has 0 atom stereocenters. The molecule has 12 heteroatoms. The van der Waals surface area contributed by atoms with Gasteiger partial charge in [-0.2, -0.15) is 5.26 Å². The number of hydrogen-bond acceptors (Lipinski definition) is 6. The lowest BCUT2D eigenvalue weighted by molar-refractivity contribution is 0.0597. The summed E-state index contributed by atoms with van der Waals surface area (Å²) in [7, 11) is -1.98. The van der Waals surface area contributed by atoms with Crippen molar-refractivity contribution in [2.75, 3.05) is 14.2 Å². The van der Waals surface area contributed by atoms with Gasteiger partial charge in [-0.1, -0.05) is 66.2 Å². The molecule has 7 nitrogen and oxygen atoms in total. The molecule has 0 spiro atoms. The molecule has 1 aromatic heterocycles. The molecule has 246 valence electrons. The van der Waals surface area contributed by atoms with E-state index in [1.54, 1.807) is 54.6 Å². The van der Waals surface area contributed by atoms with Gasteiger partial charge in [0.2, 0.25) is 0 Å². The molecule has 0 saturated carbocycles. The maximum absolute atomic E-state index is 15.0. The van der Waals surface area contributed by atoms with Crippen LogP contribution in [0.5, 0.6) is 5.75 Å². The Bertz CT molecular complexity index is 2420. The number of aromatic nitrogens is 1. The predicted molar refractivity (Wildman–Crippen MR) is 180 cm³/mol. The standard InChI is InChI=1S/C37H24ClF3N2O5S/c1-47-35-29(37(44)48-2)16-15-28(33(35)38)22-7-5-8-23(18-22)34-32(27-9-4-3-6-24(27)20-42)30-19-25(39)12-17-31(30)43(34)49(45,46)26-13-10-21(11-14-26)36(40)41/h3-19,36H,1-2H3. The maximum Gasteiger partial charge on any atom is 0.341 e. The number of rotatable bonds is 8. The Morgan fingerprint density at radius 2 is 1.59 bits per heavy atom. The summed E-state index contributed by atoms with van der Waals surface area (Å²) in [6.45, 7) is 0. The number of nitrogens with zero attached hydrogens (tertiary/aromatic N) is 2. The molecule has 0 aliphatic carbocycles. The predicted octanol–water partition coefficient (Wildman–Crippen LogP) is 9.28. The van der Waals surface area contributed by atoms with E-state index >= 15 is 0 Å². The molecule has 49 heavy (non-hydrogen) atoms. The second kappa shape index (κ2) is 13.1. The lowest BCUT2D eigenvalue weighted by Crippen LogP contribution is -2.14. The topological polar surface area (TPSA) is 98.4 Å². The average Bonchev–Trinajstić information content (AvgIpc) is 3.46. The van der Waals surface area contributed by atoms with Crippen LogP contribution in [-0.4, -0.2) is 32.6 Å². The second-order valence-electron chi connectivity index (χ2n) is 10.8. The van der Waals surface area contributed by atoms with Crippen LogP contribution in [0.2, 0.25) is 5.02 Å². The molecule has 0 amide bonds. The molecule has 0 fully saturated rings. The highest BCUT2D eigenvalue weighted by molar-refractivity contribution is 7.90. The number of ether oxygens (including phenoxy) is 2. The van der Waals surface area contributed by atoms with Crippen molar-refractivity contribution in [2.24, 2.45) is 0 Å². The Labute approximate surface area is 284 Å². The van der Waals surface area contributed by atoms with Gasteiger partial charge in [-0.15, -0.1) is 0 Å². The van der Waals surface area contributed by atoms with Crippen molar-refractivity contribution in [3.63, 3.8) is 0 Å². The first kappa shape index (κ1) is 33.3. The van der Waals surface area contributed by atoms with Gasteiger partial charge in [-0.25, -0.2) is 30.4 Å². The van der Waals surface area contributed by atoms with Crippen molar-refractivity contribution in [1.29, 1.82) is 5.26 Å². The minimum Gasteiger partial charge on any atom is -0.494 e.